The fourth-order valence-corrected chi connectivity index (χ4v) is 5.60. The van der Waals surface area contributed by atoms with Crippen LogP contribution in [0, 0.1) is 17.6 Å². The van der Waals surface area contributed by atoms with Crippen LogP contribution in [0.25, 0.3) is 11.3 Å². The second-order valence-electron chi connectivity index (χ2n) is 10.6. The van der Waals surface area contributed by atoms with Crippen LogP contribution in [0.5, 0.6) is 5.75 Å². The number of hydrogen-bond acceptors (Lipinski definition) is 8. The van der Waals surface area contributed by atoms with E-state index in [1.165, 1.54) is 55.3 Å². The number of rotatable bonds is 7. The van der Waals surface area contributed by atoms with Gasteiger partial charge < -0.3 is 40.4 Å². The zero-order valence-corrected chi connectivity index (χ0v) is 25.7. The Morgan fingerprint density at radius 2 is 1.83 bits per heavy atom. The second kappa shape index (κ2) is 15.1. The summed E-state index contributed by atoms with van der Waals surface area (Å²) in [6.45, 7) is 1.46. The van der Waals surface area contributed by atoms with Crippen LogP contribution >= 0.6 is 11.6 Å². The van der Waals surface area contributed by atoms with Gasteiger partial charge in [-0.3, -0.25) is 19.2 Å². The number of aliphatic hydroxyl groups is 1. The molecule has 2 aliphatic heterocycles. The first-order valence-corrected chi connectivity index (χ1v) is 14.6. The molecule has 13 nitrogen and oxygen atoms in total. The fraction of sp³-hybridized carbons (Fsp3) is 0.367. The summed E-state index contributed by atoms with van der Waals surface area (Å²) in [6, 6.07) is 6.78. The molecule has 0 aliphatic carbocycles. The molecule has 0 unspecified atom stereocenters. The van der Waals surface area contributed by atoms with Crippen molar-refractivity contribution in [1.82, 2.24) is 25.1 Å². The van der Waals surface area contributed by atoms with E-state index in [-0.39, 0.29) is 63.7 Å². The van der Waals surface area contributed by atoms with Crippen molar-refractivity contribution in [2.45, 2.75) is 25.0 Å². The monoisotopic (exact) mass is 662 g/mol. The van der Waals surface area contributed by atoms with Crippen LogP contribution in [-0.2, 0) is 16.6 Å². The first kappa shape index (κ1) is 34.3. The van der Waals surface area contributed by atoms with E-state index in [2.05, 4.69) is 20.9 Å². The summed E-state index contributed by atoms with van der Waals surface area (Å²) in [5, 5.41) is 25.5. The first-order valence-electron chi connectivity index (χ1n) is 14.2. The summed E-state index contributed by atoms with van der Waals surface area (Å²) >= 11 is 6.43. The number of β-amino-alcohol motifs (C(OH)–C–C–N with tert-alkyl or cyclic N) is 1. The van der Waals surface area contributed by atoms with Crippen LogP contribution in [-0.4, -0.2) is 94.3 Å². The summed E-state index contributed by atoms with van der Waals surface area (Å²) in [4.78, 5) is 52.8. The van der Waals surface area contributed by atoms with Crippen LogP contribution in [0.1, 0.15) is 33.8 Å². The number of hydrogen-bond donors (Lipinski definition) is 5. The smallest absolute Gasteiger partial charge is 0.291 e. The van der Waals surface area contributed by atoms with Crippen molar-refractivity contribution in [2.24, 2.45) is 13.0 Å². The average Bonchev–Trinajstić information content (AvgIpc) is 3.63. The number of imidazole rings is 1. The highest BCUT2D eigenvalue weighted by atomic mass is 35.5. The maximum absolute atomic E-state index is 14.6. The Labute approximate surface area is 267 Å². The number of likely N-dealkylation sites (tertiary alicyclic amines) is 1. The molecule has 246 valence electrons. The molecule has 3 amide bonds. The normalized spacial score (nSPS) is 17.9. The Hall–Kier alpha value is -4.60. The zero-order valence-electron chi connectivity index (χ0n) is 24.9. The maximum Gasteiger partial charge on any atom is 0.291 e. The van der Waals surface area contributed by atoms with Crippen LogP contribution in [0.3, 0.4) is 0 Å². The topological polar surface area (TPSA) is 175 Å². The molecule has 3 aromatic rings. The summed E-state index contributed by atoms with van der Waals surface area (Å²) in [6.07, 6.45) is 1.61. The average molecular weight is 663 g/mol. The van der Waals surface area contributed by atoms with Gasteiger partial charge in [-0.1, -0.05) is 11.6 Å². The molecule has 3 heterocycles. The number of carbonyl (C=O) groups is 4. The predicted octanol–water partition coefficient (Wildman–Crippen LogP) is 2.28. The number of halogens is 3. The van der Waals surface area contributed by atoms with E-state index in [1.807, 2.05) is 0 Å². The molecule has 2 aliphatic rings. The molecule has 0 radical (unpaired) electrons. The largest absolute Gasteiger partial charge is 0.494 e. The summed E-state index contributed by atoms with van der Waals surface area (Å²) in [5.41, 5.74) is 0.640. The van der Waals surface area contributed by atoms with Gasteiger partial charge in [0.2, 0.25) is 11.7 Å². The van der Waals surface area contributed by atoms with E-state index in [0.29, 0.717) is 44.7 Å². The first-order chi connectivity index (χ1) is 22.0. The molecule has 1 aromatic heterocycles. The van der Waals surface area contributed by atoms with Gasteiger partial charge in [0.1, 0.15) is 0 Å². The number of carbonyl (C=O) groups excluding carboxylic acids is 3. The Balaban J connectivity index is 0.00000154. The predicted molar refractivity (Wildman–Crippen MR) is 163 cm³/mol. The van der Waals surface area contributed by atoms with E-state index < -0.39 is 23.6 Å². The van der Waals surface area contributed by atoms with Crippen molar-refractivity contribution in [2.75, 3.05) is 38.6 Å². The van der Waals surface area contributed by atoms with Crippen molar-refractivity contribution < 1.29 is 42.9 Å². The fourth-order valence-electron chi connectivity index (χ4n) is 5.34. The SMILES string of the molecule is COc1ccc(-c2cnc(C(=O)Nc3ccc(C(=O)N4CCC(C(=O)N[C@H]5CNC[C@@H]5O)CC4)c(Cl)c3)n2C)c(F)c1F.O=CO. The van der Waals surface area contributed by atoms with Gasteiger partial charge in [0.15, 0.2) is 17.4 Å². The molecule has 0 bridgehead atoms. The van der Waals surface area contributed by atoms with Gasteiger partial charge in [-0.25, -0.2) is 9.37 Å². The highest BCUT2D eigenvalue weighted by molar-refractivity contribution is 6.34. The van der Waals surface area contributed by atoms with Gasteiger partial charge in [-0.05, 0) is 43.2 Å². The molecule has 2 fully saturated rings. The molecule has 5 N–H and O–H groups in total. The van der Waals surface area contributed by atoms with Crippen LogP contribution < -0.4 is 20.7 Å². The lowest BCUT2D eigenvalue weighted by atomic mass is 9.95. The minimum atomic E-state index is -1.15. The molecular weight excluding hydrogens is 630 g/mol. The Morgan fingerprint density at radius 3 is 2.43 bits per heavy atom. The van der Waals surface area contributed by atoms with Gasteiger partial charge in [-0.2, -0.15) is 4.39 Å². The number of carboxylic acid groups (broad SMARTS) is 1. The zero-order chi connectivity index (χ0) is 33.5. The lowest BCUT2D eigenvalue weighted by Crippen LogP contribution is -2.48. The van der Waals surface area contributed by atoms with Gasteiger partial charge in [-0.15, -0.1) is 0 Å². The van der Waals surface area contributed by atoms with Crippen molar-refractivity contribution >= 4 is 41.5 Å². The molecule has 2 atom stereocenters. The van der Waals surface area contributed by atoms with Crippen molar-refractivity contribution in [3.63, 3.8) is 0 Å². The summed E-state index contributed by atoms with van der Waals surface area (Å²) in [5.74, 6) is -3.88. The lowest BCUT2D eigenvalue weighted by Gasteiger charge is -2.32. The number of ether oxygens (including phenoxy) is 1. The maximum atomic E-state index is 14.6. The number of nitrogens with one attached hydrogen (secondary N) is 3. The highest BCUT2D eigenvalue weighted by Gasteiger charge is 2.32. The molecule has 5 rings (SSSR count). The van der Waals surface area contributed by atoms with E-state index in [1.54, 1.807) is 4.90 Å². The van der Waals surface area contributed by atoms with Gasteiger partial charge in [0.05, 0.1) is 41.7 Å². The standard InChI is InChI=1S/C29H31ClF2N6O5.CH2O2/c1-37-21(18-5-6-23(43-2)25(32)24(18)31)13-34-26(37)28(41)35-16-3-4-17(19(30)11-16)29(42)38-9-7-15(8-10-38)27(40)36-20-12-33-14-22(20)39;2-1-3/h3-6,11,13,15,20,22,33,39H,7-10,12,14H2,1-2H3,(H,35,41)(H,36,40);1H,(H,2,3)/t20-,22-;/m0./s1. The number of anilines is 1. The van der Waals surface area contributed by atoms with Gasteiger partial charge in [0.25, 0.3) is 18.3 Å². The third-order valence-electron chi connectivity index (χ3n) is 7.85. The quantitative estimate of drug-likeness (QED) is 0.238. The molecular formula is C30H33ClF2N6O7. The molecule has 16 heteroatoms. The number of aliphatic hydroxyl groups excluding tert-OH is 1. The van der Waals surface area contributed by atoms with Crippen LogP contribution in [0.2, 0.25) is 5.02 Å². The molecule has 2 saturated heterocycles. The van der Waals surface area contributed by atoms with E-state index in [9.17, 15) is 28.3 Å². The highest BCUT2D eigenvalue weighted by Crippen LogP contribution is 2.30. The molecule has 0 spiro atoms. The number of methoxy groups -OCH3 is 1. The second-order valence-corrected chi connectivity index (χ2v) is 11.0. The number of piperidine rings is 1. The Morgan fingerprint density at radius 1 is 1.13 bits per heavy atom. The Bertz CT molecular complexity index is 1610. The Kier molecular flexibility index (Phi) is 11.3. The van der Waals surface area contributed by atoms with Crippen molar-refractivity contribution in [3.05, 3.63) is 64.6 Å². The van der Waals surface area contributed by atoms with Crippen LogP contribution in [0.15, 0.2) is 36.5 Å². The van der Waals surface area contributed by atoms with Crippen molar-refractivity contribution in [1.29, 1.82) is 0 Å². The lowest BCUT2D eigenvalue weighted by molar-refractivity contribution is -0.127. The summed E-state index contributed by atoms with van der Waals surface area (Å²) < 4.78 is 35.0. The third-order valence-corrected chi connectivity index (χ3v) is 8.17. The van der Waals surface area contributed by atoms with Gasteiger partial charge in [0, 0.05) is 50.4 Å². The number of aromatic nitrogens is 2. The summed E-state index contributed by atoms with van der Waals surface area (Å²) in [7, 11) is 2.72. The number of amides is 3. The number of nitrogens with zero attached hydrogens (tertiary/aromatic N) is 3. The number of benzene rings is 2. The van der Waals surface area contributed by atoms with Crippen molar-refractivity contribution in [3.8, 4) is 17.0 Å². The minimum Gasteiger partial charge on any atom is -0.494 e. The molecule has 46 heavy (non-hydrogen) atoms. The van der Waals surface area contributed by atoms with E-state index in [4.69, 9.17) is 26.2 Å². The van der Waals surface area contributed by atoms with E-state index >= 15 is 0 Å². The minimum absolute atomic E-state index is 0.0625. The molecule has 0 saturated carbocycles. The van der Waals surface area contributed by atoms with Crippen LogP contribution in [0.4, 0.5) is 14.5 Å². The third kappa shape index (κ3) is 7.43. The van der Waals surface area contributed by atoms with Gasteiger partial charge >= 0.3 is 0 Å². The van der Waals surface area contributed by atoms with E-state index in [0.717, 1.165) is 0 Å². The molecule has 2 aromatic carbocycles.